The number of nitrogens with two attached hydrogens (primary N) is 2. The first-order valence-electron chi connectivity index (χ1n) is 8.08. The number of para-hydroxylation sites is 1. The van der Waals surface area contributed by atoms with E-state index in [1.165, 1.54) is 0 Å². The van der Waals surface area contributed by atoms with Gasteiger partial charge in [0, 0.05) is 22.3 Å². The van der Waals surface area contributed by atoms with Gasteiger partial charge in [-0.2, -0.15) is 0 Å². The van der Waals surface area contributed by atoms with Gasteiger partial charge in [0.2, 0.25) is 5.88 Å². The molecule has 27 heavy (non-hydrogen) atoms. The first-order valence-corrected chi connectivity index (χ1v) is 8.88. The van der Waals surface area contributed by atoms with Gasteiger partial charge in [0.1, 0.15) is 6.61 Å². The van der Waals surface area contributed by atoms with Crippen molar-refractivity contribution in [1.82, 2.24) is 15.2 Å². The summed E-state index contributed by atoms with van der Waals surface area (Å²) in [6, 6.07) is 14.3. The number of hydrogen-bond donors (Lipinski definition) is 3. The first kappa shape index (κ1) is 18.9. The van der Waals surface area contributed by atoms with Crippen LogP contribution in [0.15, 0.2) is 59.2 Å². The molecule has 9 heteroatoms. The Labute approximate surface area is 164 Å². The smallest absolute Gasteiger partial charge is 0.350 e. The van der Waals surface area contributed by atoms with Gasteiger partial charge in [0.25, 0.3) is 0 Å². The molecule has 0 radical (unpaired) electrons. The molecule has 1 heterocycles. The Kier molecular flexibility index (Phi) is 5.75. The summed E-state index contributed by atoms with van der Waals surface area (Å²) < 4.78 is 8.47. The molecule has 1 aromatic heterocycles. The predicted molar refractivity (Wildman–Crippen MR) is 106 cm³/mol. The van der Waals surface area contributed by atoms with E-state index in [4.69, 9.17) is 16.4 Å². The van der Waals surface area contributed by atoms with Gasteiger partial charge < -0.3 is 4.74 Å². The van der Waals surface area contributed by atoms with Gasteiger partial charge in [0.05, 0.1) is 11.4 Å². The molecule has 0 spiro atoms. The van der Waals surface area contributed by atoms with Crippen LogP contribution in [0, 0.1) is 6.92 Å². The minimum Gasteiger partial charge on any atom is -0.472 e. The number of ether oxygens (including phenoxy) is 1. The third-order valence-electron chi connectivity index (χ3n) is 4.02. The van der Waals surface area contributed by atoms with Gasteiger partial charge in [-0.05, 0) is 46.6 Å². The molecular weight excluding hydrogens is 412 g/mol. The maximum atomic E-state index is 11.7. The minimum atomic E-state index is -0.625. The number of urea groups is 1. The first-order chi connectivity index (χ1) is 13.0. The zero-order chi connectivity index (χ0) is 19.4. The number of nitrogens with zero attached hydrogens (tertiary/aromatic N) is 3. The Morgan fingerprint density at radius 2 is 2.04 bits per heavy atom. The van der Waals surface area contributed by atoms with Crippen molar-refractivity contribution in [2.75, 3.05) is 5.01 Å². The topological polar surface area (TPSA) is 111 Å². The fourth-order valence-electron chi connectivity index (χ4n) is 2.58. The highest BCUT2D eigenvalue weighted by molar-refractivity contribution is 9.10. The maximum absolute atomic E-state index is 11.7. The lowest BCUT2D eigenvalue weighted by Crippen LogP contribution is -2.48. The highest BCUT2D eigenvalue weighted by Crippen LogP contribution is 2.25. The normalized spacial score (nSPS) is 10.5. The molecule has 0 atom stereocenters. The summed E-state index contributed by atoms with van der Waals surface area (Å²) in [4.78, 5) is 11.7. The zero-order valence-electron chi connectivity index (χ0n) is 14.6. The van der Waals surface area contributed by atoms with E-state index in [2.05, 4.69) is 21.0 Å². The predicted octanol–water partition coefficient (Wildman–Crippen LogP) is 2.79. The summed E-state index contributed by atoms with van der Waals surface area (Å²) in [5.74, 6) is 11.5. The highest BCUT2D eigenvalue weighted by Gasteiger charge is 2.16. The fourth-order valence-corrected chi connectivity index (χ4v) is 3.05. The van der Waals surface area contributed by atoms with Crippen molar-refractivity contribution in [3.8, 4) is 11.6 Å². The SMILES string of the molecule is Cc1cccc(N(N)C(=O)NN)c1COc1ccn(-c2ccccc2Br)n1. The second-order valence-electron chi connectivity index (χ2n) is 5.73. The molecule has 140 valence electrons. The maximum Gasteiger partial charge on any atom is 0.350 e. The van der Waals surface area contributed by atoms with Crippen molar-refractivity contribution in [2.24, 2.45) is 11.7 Å². The van der Waals surface area contributed by atoms with Crippen molar-refractivity contribution >= 4 is 27.6 Å². The van der Waals surface area contributed by atoms with Gasteiger partial charge in [-0.1, -0.05) is 24.3 Å². The average Bonchev–Trinajstić information content (AvgIpc) is 3.14. The number of nitrogens with one attached hydrogen (secondary N) is 1. The van der Waals surface area contributed by atoms with Crippen LogP contribution in [0.2, 0.25) is 0 Å². The summed E-state index contributed by atoms with van der Waals surface area (Å²) in [7, 11) is 0. The van der Waals surface area contributed by atoms with Crippen LogP contribution in [-0.2, 0) is 6.61 Å². The van der Waals surface area contributed by atoms with Crippen molar-refractivity contribution in [3.63, 3.8) is 0 Å². The van der Waals surface area contributed by atoms with Crippen LogP contribution < -0.4 is 26.9 Å². The van der Waals surface area contributed by atoms with E-state index >= 15 is 0 Å². The Balaban J connectivity index is 1.80. The highest BCUT2D eigenvalue weighted by atomic mass is 79.9. The Morgan fingerprint density at radius 3 is 2.78 bits per heavy atom. The third-order valence-corrected chi connectivity index (χ3v) is 4.69. The second kappa shape index (κ2) is 8.21. The molecule has 2 aromatic carbocycles. The molecule has 3 aromatic rings. The van der Waals surface area contributed by atoms with E-state index in [-0.39, 0.29) is 6.61 Å². The van der Waals surface area contributed by atoms with Gasteiger partial charge in [-0.25, -0.2) is 26.2 Å². The zero-order valence-corrected chi connectivity index (χ0v) is 16.2. The quantitative estimate of drug-likeness (QED) is 0.327. The molecular formula is C18H19BrN6O2. The van der Waals surface area contributed by atoms with E-state index in [0.717, 1.165) is 26.3 Å². The fraction of sp³-hybridized carbons (Fsp3) is 0.111. The number of benzene rings is 2. The molecule has 8 nitrogen and oxygen atoms in total. The lowest BCUT2D eigenvalue weighted by molar-refractivity contribution is 0.246. The molecule has 0 bridgehead atoms. The molecule has 2 amide bonds. The standard InChI is InChI=1S/C18H19BrN6O2/c1-12-5-4-8-15(25(21)18(26)22-20)13(12)11-27-17-9-10-24(23-17)16-7-3-2-6-14(16)19/h2-10H,11,20-21H2,1H3,(H,22,26). The number of hydrogen-bond acceptors (Lipinski definition) is 5. The second-order valence-corrected chi connectivity index (χ2v) is 6.59. The average molecular weight is 431 g/mol. The summed E-state index contributed by atoms with van der Waals surface area (Å²) in [5, 5.41) is 5.38. The molecule has 0 fully saturated rings. The monoisotopic (exact) mass is 430 g/mol. The summed E-state index contributed by atoms with van der Waals surface area (Å²) in [5.41, 5.74) is 5.11. The number of carbonyl (C=O) groups is 1. The number of rotatable bonds is 5. The number of aryl methyl sites for hydroxylation is 1. The lowest BCUT2D eigenvalue weighted by Gasteiger charge is -2.20. The van der Waals surface area contributed by atoms with Crippen LogP contribution in [0.3, 0.4) is 0 Å². The molecule has 0 aliphatic heterocycles. The molecule has 3 rings (SSSR count). The van der Waals surface area contributed by atoms with Crippen LogP contribution >= 0.6 is 15.9 Å². The van der Waals surface area contributed by atoms with E-state index in [9.17, 15) is 4.79 Å². The van der Waals surface area contributed by atoms with Crippen molar-refractivity contribution < 1.29 is 9.53 Å². The Morgan fingerprint density at radius 1 is 1.26 bits per heavy atom. The van der Waals surface area contributed by atoms with Gasteiger partial charge in [-0.3, -0.25) is 5.43 Å². The molecule has 0 aliphatic rings. The number of halogens is 1. The lowest BCUT2D eigenvalue weighted by atomic mass is 10.1. The van der Waals surface area contributed by atoms with E-state index in [1.54, 1.807) is 22.9 Å². The molecule has 0 aliphatic carbocycles. The van der Waals surface area contributed by atoms with Gasteiger partial charge in [-0.15, -0.1) is 5.10 Å². The number of amides is 2. The van der Waals surface area contributed by atoms with Gasteiger partial charge in [0.15, 0.2) is 0 Å². The molecule has 0 unspecified atom stereocenters. The van der Waals surface area contributed by atoms with Crippen LogP contribution in [0.1, 0.15) is 11.1 Å². The van der Waals surface area contributed by atoms with Crippen molar-refractivity contribution in [2.45, 2.75) is 13.5 Å². The van der Waals surface area contributed by atoms with Crippen molar-refractivity contribution in [1.29, 1.82) is 0 Å². The van der Waals surface area contributed by atoms with Crippen LogP contribution in [0.5, 0.6) is 5.88 Å². The summed E-state index contributed by atoms with van der Waals surface area (Å²) in [6.07, 6.45) is 1.81. The minimum absolute atomic E-state index is 0.195. The third kappa shape index (κ3) is 4.11. The van der Waals surface area contributed by atoms with Crippen LogP contribution in [0.4, 0.5) is 10.5 Å². The number of hydrazine groups is 2. The number of anilines is 1. The van der Waals surface area contributed by atoms with E-state index in [1.807, 2.05) is 48.9 Å². The number of carbonyl (C=O) groups excluding carboxylic acids is 1. The summed E-state index contributed by atoms with van der Waals surface area (Å²) in [6.45, 7) is 2.11. The number of aromatic nitrogens is 2. The van der Waals surface area contributed by atoms with E-state index < -0.39 is 6.03 Å². The molecule has 0 saturated heterocycles. The molecule has 0 saturated carbocycles. The van der Waals surface area contributed by atoms with Crippen LogP contribution in [-0.4, -0.2) is 15.8 Å². The van der Waals surface area contributed by atoms with Crippen LogP contribution in [0.25, 0.3) is 5.69 Å². The van der Waals surface area contributed by atoms with E-state index in [0.29, 0.717) is 11.6 Å². The van der Waals surface area contributed by atoms with Gasteiger partial charge >= 0.3 is 6.03 Å². The van der Waals surface area contributed by atoms with Crippen molar-refractivity contribution in [3.05, 3.63) is 70.3 Å². The largest absolute Gasteiger partial charge is 0.472 e. The Hall–Kier alpha value is -2.88. The molecule has 5 N–H and O–H groups in total. The summed E-state index contributed by atoms with van der Waals surface area (Å²) >= 11 is 3.50. The Bertz CT molecular complexity index is 959.